The SMILES string of the molecule is C/C=C/CCCCC[C@@H]1CC(=O)[C@H](OC(=O)C(CCC(=O)OC(C)(C)C)P(=O)(OCC)OCC)[C@H](CCOCc2ccc(OC)cc2)[C@H]1C[C@@H]1OC(C)(C)O[C@H]1CC/C=C/C. The van der Waals surface area contributed by atoms with Crippen molar-refractivity contribution in [3.05, 3.63) is 54.1 Å². The van der Waals surface area contributed by atoms with Crippen LogP contribution >= 0.6 is 7.60 Å². The number of esters is 2. The molecule has 0 radical (unpaired) electrons. The predicted octanol–water partition coefficient (Wildman–Crippen LogP) is 10.9. The normalized spacial score (nSPS) is 23.7. The van der Waals surface area contributed by atoms with Crippen LogP contribution in [0.25, 0.3) is 0 Å². The molecule has 1 heterocycles. The molecule has 1 aliphatic carbocycles. The van der Waals surface area contributed by atoms with E-state index in [0.29, 0.717) is 26.1 Å². The lowest BCUT2D eigenvalue weighted by molar-refractivity contribution is -0.168. The Kier molecular flexibility index (Phi) is 22.4. The summed E-state index contributed by atoms with van der Waals surface area (Å²) < 4.78 is 62.2. The summed E-state index contributed by atoms with van der Waals surface area (Å²) in [5.74, 6) is -2.25. The summed E-state index contributed by atoms with van der Waals surface area (Å²) in [5, 5.41) is 0. The molecule has 3 rings (SSSR count). The van der Waals surface area contributed by atoms with Crippen molar-refractivity contribution < 1.29 is 56.4 Å². The van der Waals surface area contributed by atoms with Crippen LogP contribution in [0.3, 0.4) is 0 Å². The summed E-state index contributed by atoms with van der Waals surface area (Å²) >= 11 is 0. The molecule has 0 bridgehead atoms. The van der Waals surface area contributed by atoms with Gasteiger partial charge in [0.25, 0.3) is 0 Å². The first kappa shape index (κ1) is 52.5. The number of methoxy groups -OCH3 is 1. The van der Waals surface area contributed by atoms with Crippen LogP contribution in [0.5, 0.6) is 5.75 Å². The van der Waals surface area contributed by atoms with Gasteiger partial charge in [-0.05, 0) is 143 Å². The van der Waals surface area contributed by atoms with Gasteiger partial charge >= 0.3 is 19.5 Å². The first-order chi connectivity index (χ1) is 29.0. The second-order valence-corrected chi connectivity index (χ2v) is 19.8. The van der Waals surface area contributed by atoms with E-state index in [-0.39, 0.29) is 62.3 Å². The molecule has 1 aromatic carbocycles. The second kappa shape index (κ2) is 26.1. The molecular weight excluding hydrogens is 799 g/mol. The average molecular weight is 877 g/mol. The Labute approximate surface area is 366 Å². The van der Waals surface area contributed by atoms with Gasteiger partial charge in [-0.3, -0.25) is 18.9 Å². The van der Waals surface area contributed by atoms with E-state index in [1.807, 2.05) is 58.0 Å². The number of rotatable bonds is 27. The Morgan fingerprint density at radius 1 is 0.902 bits per heavy atom. The largest absolute Gasteiger partial charge is 0.497 e. The zero-order valence-corrected chi connectivity index (χ0v) is 39.7. The summed E-state index contributed by atoms with van der Waals surface area (Å²) in [6.45, 7) is 17.1. The van der Waals surface area contributed by atoms with Crippen LogP contribution in [0.2, 0.25) is 0 Å². The monoisotopic (exact) mass is 877 g/mol. The molecule has 346 valence electrons. The van der Waals surface area contributed by atoms with Gasteiger partial charge in [0, 0.05) is 25.4 Å². The van der Waals surface area contributed by atoms with Gasteiger partial charge in [0.2, 0.25) is 0 Å². The first-order valence-corrected chi connectivity index (χ1v) is 24.2. The Balaban J connectivity index is 2.03. The van der Waals surface area contributed by atoms with E-state index < -0.39 is 48.6 Å². The number of benzene rings is 1. The number of hydrogen-bond donors (Lipinski definition) is 0. The van der Waals surface area contributed by atoms with Crippen molar-refractivity contribution in [1.29, 1.82) is 0 Å². The molecule has 61 heavy (non-hydrogen) atoms. The molecule has 12 nitrogen and oxygen atoms in total. The Hall–Kier alpha value is -2.86. The quantitative estimate of drug-likeness (QED) is 0.0359. The molecule has 13 heteroatoms. The molecule has 7 atom stereocenters. The molecule has 0 aromatic heterocycles. The van der Waals surface area contributed by atoms with Crippen LogP contribution in [0.15, 0.2) is 48.6 Å². The van der Waals surface area contributed by atoms with Crippen LogP contribution in [0, 0.1) is 17.8 Å². The molecule has 0 N–H and O–H groups in total. The maximum atomic E-state index is 14.5. The summed E-state index contributed by atoms with van der Waals surface area (Å²) in [5.41, 5.74) is -1.26. The zero-order valence-electron chi connectivity index (χ0n) is 38.8. The third-order valence-electron chi connectivity index (χ3n) is 11.2. The molecule has 1 saturated carbocycles. The fourth-order valence-electron chi connectivity index (χ4n) is 8.57. The van der Waals surface area contributed by atoms with Crippen molar-refractivity contribution in [2.24, 2.45) is 17.8 Å². The highest BCUT2D eigenvalue weighted by Gasteiger charge is 2.51. The Morgan fingerprint density at radius 2 is 1.56 bits per heavy atom. The highest BCUT2D eigenvalue weighted by Crippen LogP contribution is 2.55. The van der Waals surface area contributed by atoms with E-state index >= 15 is 0 Å². The lowest BCUT2D eigenvalue weighted by atomic mass is 9.65. The highest BCUT2D eigenvalue weighted by atomic mass is 31.2. The number of ketones is 1. The lowest BCUT2D eigenvalue weighted by Gasteiger charge is -2.43. The Morgan fingerprint density at radius 3 is 2.18 bits per heavy atom. The molecule has 1 aromatic rings. The predicted molar refractivity (Wildman–Crippen MR) is 237 cm³/mol. The third-order valence-corrected chi connectivity index (χ3v) is 13.7. The zero-order chi connectivity index (χ0) is 45.1. The third kappa shape index (κ3) is 17.7. The maximum Gasteiger partial charge on any atom is 0.344 e. The number of carbonyl (C=O) groups is 3. The van der Waals surface area contributed by atoms with Gasteiger partial charge in [-0.2, -0.15) is 0 Å². The number of allylic oxidation sites excluding steroid dienone is 4. The van der Waals surface area contributed by atoms with E-state index in [0.717, 1.165) is 56.3 Å². The maximum absolute atomic E-state index is 14.5. The van der Waals surface area contributed by atoms with Crippen LogP contribution < -0.4 is 4.74 Å². The minimum absolute atomic E-state index is 0.000159. The molecule has 2 fully saturated rings. The van der Waals surface area contributed by atoms with E-state index in [9.17, 15) is 18.9 Å². The van der Waals surface area contributed by atoms with Gasteiger partial charge in [-0.25, -0.2) is 0 Å². The summed E-state index contributed by atoms with van der Waals surface area (Å²) in [7, 11) is -2.53. The van der Waals surface area contributed by atoms with E-state index in [1.165, 1.54) is 0 Å². The van der Waals surface area contributed by atoms with Gasteiger partial charge in [0.1, 0.15) is 11.4 Å². The smallest absolute Gasteiger partial charge is 0.344 e. The molecule has 0 amide bonds. The number of carbonyl (C=O) groups excluding carboxylic acids is 3. The molecule has 0 spiro atoms. The van der Waals surface area contributed by atoms with E-state index in [1.54, 1.807) is 41.7 Å². The van der Waals surface area contributed by atoms with Crippen molar-refractivity contribution in [2.75, 3.05) is 26.9 Å². The minimum Gasteiger partial charge on any atom is -0.497 e. The number of ether oxygens (including phenoxy) is 6. The van der Waals surface area contributed by atoms with Gasteiger partial charge in [-0.15, -0.1) is 0 Å². The topological polar surface area (TPSA) is 142 Å². The van der Waals surface area contributed by atoms with Gasteiger partial charge in [0.05, 0.1) is 39.1 Å². The van der Waals surface area contributed by atoms with E-state index in [4.69, 9.17) is 37.5 Å². The van der Waals surface area contributed by atoms with Crippen LogP contribution in [0.1, 0.15) is 145 Å². The van der Waals surface area contributed by atoms with Crippen molar-refractivity contribution in [2.45, 2.75) is 181 Å². The molecule has 1 unspecified atom stereocenters. The van der Waals surface area contributed by atoms with Crippen LogP contribution in [-0.2, 0) is 58.3 Å². The van der Waals surface area contributed by atoms with Gasteiger partial charge in [0.15, 0.2) is 23.3 Å². The van der Waals surface area contributed by atoms with E-state index in [2.05, 4.69) is 18.2 Å². The first-order valence-electron chi connectivity index (χ1n) is 22.6. The second-order valence-electron chi connectivity index (χ2n) is 17.6. The lowest BCUT2D eigenvalue weighted by Crippen LogP contribution is -2.49. The highest BCUT2D eigenvalue weighted by molar-refractivity contribution is 7.55. The number of Topliss-reactive ketones (excluding diaryl/α,β-unsaturated/α-hetero) is 1. The minimum atomic E-state index is -4.15. The molecule has 1 aliphatic heterocycles. The number of unbranched alkanes of at least 4 members (excludes halogenated alkanes) is 3. The van der Waals surface area contributed by atoms with Gasteiger partial charge in [-0.1, -0.05) is 49.3 Å². The summed E-state index contributed by atoms with van der Waals surface area (Å²) in [4.78, 5) is 41.9. The fourth-order valence-corrected chi connectivity index (χ4v) is 10.5. The fraction of sp³-hybridized carbons (Fsp3) is 0.729. The van der Waals surface area contributed by atoms with Gasteiger partial charge < -0.3 is 37.5 Å². The van der Waals surface area contributed by atoms with Crippen molar-refractivity contribution in [3.63, 3.8) is 0 Å². The Bertz CT molecular complexity index is 1570. The van der Waals surface area contributed by atoms with Crippen LogP contribution in [-0.4, -0.2) is 80.0 Å². The molecular formula is C48H77O12P. The summed E-state index contributed by atoms with van der Waals surface area (Å²) in [6.07, 6.45) is 14.1. The number of hydrogen-bond acceptors (Lipinski definition) is 12. The standard InChI is InChI=1S/C48H77O12P/c1-11-15-17-18-19-21-22-36-32-40(49)45(57-46(51)43(61(52,55-13-3)56-14-4)28-29-44(50)60-47(5,6)7)38(30-31-54-34-35-24-26-37(53-10)27-25-35)39(36)33-42-41(23-20-16-12-2)58-48(8,9)59-42/h11-12,15-16,24-27,36,38-39,41-43,45H,13-14,17-23,28-34H2,1-10H3/b15-11+,16-12+/t36-,38-,39+,41+,42+,43?,45-/m1/s1. The van der Waals surface area contributed by atoms with Crippen molar-refractivity contribution in [3.8, 4) is 5.75 Å². The van der Waals surface area contributed by atoms with Crippen molar-refractivity contribution >= 4 is 25.3 Å². The summed E-state index contributed by atoms with van der Waals surface area (Å²) in [6, 6.07) is 7.66. The molecule has 1 saturated heterocycles. The molecule has 2 aliphatic rings. The van der Waals surface area contributed by atoms with Crippen molar-refractivity contribution in [1.82, 2.24) is 0 Å². The average Bonchev–Trinajstić information content (AvgIpc) is 3.48. The van der Waals surface area contributed by atoms with Crippen LogP contribution in [0.4, 0.5) is 0 Å².